The first-order chi connectivity index (χ1) is 14.9. The SMILES string of the molecule is Cc1ccc(S(=O)(=O)N[C@H]2CC[C@@H](CC(=O)NCCc3ccncc3)O[C@H]2CO)cc1. The van der Waals surface area contributed by atoms with Gasteiger partial charge in [0.15, 0.2) is 0 Å². The highest BCUT2D eigenvalue weighted by Gasteiger charge is 2.34. The highest BCUT2D eigenvalue weighted by molar-refractivity contribution is 7.89. The molecule has 8 nitrogen and oxygen atoms in total. The van der Waals surface area contributed by atoms with Crippen LogP contribution in [-0.4, -0.2) is 55.8 Å². The number of carbonyl (C=O) groups excluding carboxylic acids is 1. The molecule has 9 heteroatoms. The van der Waals surface area contributed by atoms with Crippen LogP contribution in [0.2, 0.25) is 0 Å². The van der Waals surface area contributed by atoms with Crippen LogP contribution < -0.4 is 10.0 Å². The Labute approximate surface area is 183 Å². The van der Waals surface area contributed by atoms with Crippen LogP contribution >= 0.6 is 0 Å². The molecule has 0 radical (unpaired) electrons. The molecule has 168 valence electrons. The molecule has 0 saturated carbocycles. The van der Waals surface area contributed by atoms with Crippen molar-refractivity contribution in [3.8, 4) is 0 Å². The fourth-order valence-electron chi connectivity index (χ4n) is 3.58. The van der Waals surface area contributed by atoms with Gasteiger partial charge in [-0.05, 0) is 56.0 Å². The van der Waals surface area contributed by atoms with Gasteiger partial charge in [0.2, 0.25) is 15.9 Å². The zero-order valence-electron chi connectivity index (χ0n) is 17.5. The summed E-state index contributed by atoms with van der Waals surface area (Å²) in [6.07, 6.45) is 4.24. The molecular weight excluding hydrogens is 418 g/mol. The third-order valence-electron chi connectivity index (χ3n) is 5.33. The maximum Gasteiger partial charge on any atom is 0.240 e. The topological polar surface area (TPSA) is 118 Å². The zero-order valence-corrected chi connectivity index (χ0v) is 18.3. The number of aromatic nitrogens is 1. The molecule has 0 spiro atoms. The maximum atomic E-state index is 12.7. The standard InChI is InChI=1S/C22H29N3O5S/c1-16-2-5-19(6-3-16)31(28,29)25-20-7-4-18(30-21(20)15-26)14-22(27)24-13-10-17-8-11-23-12-9-17/h2-3,5-6,8-9,11-12,18,20-21,25-26H,4,7,10,13-15H2,1H3,(H,24,27)/t18-,20-,21-/m0/s1. The molecule has 1 amide bonds. The summed E-state index contributed by atoms with van der Waals surface area (Å²) in [5.74, 6) is -0.130. The van der Waals surface area contributed by atoms with Crippen molar-refractivity contribution in [2.75, 3.05) is 13.2 Å². The summed E-state index contributed by atoms with van der Waals surface area (Å²) >= 11 is 0. The van der Waals surface area contributed by atoms with Crippen molar-refractivity contribution < 1.29 is 23.1 Å². The number of pyridine rings is 1. The van der Waals surface area contributed by atoms with E-state index >= 15 is 0 Å². The Morgan fingerprint density at radius 2 is 1.87 bits per heavy atom. The Bertz CT molecular complexity index is 951. The Hall–Kier alpha value is -2.33. The number of hydrogen-bond acceptors (Lipinski definition) is 6. The minimum Gasteiger partial charge on any atom is -0.394 e. The Morgan fingerprint density at radius 1 is 1.16 bits per heavy atom. The summed E-state index contributed by atoms with van der Waals surface area (Å²) in [6.45, 7) is 2.06. The van der Waals surface area contributed by atoms with Crippen LogP contribution in [0.25, 0.3) is 0 Å². The Kier molecular flexibility index (Phi) is 8.14. The van der Waals surface area contributed by atoms with Crippen LogP contribution in [0.15, 0.2) is 53.7 Å². The summed E-state index contributed by atoms with van der Waals surface area (Å²) < 4.78 is 33.8. The number of aliphatic hydroxyl groups is 1. The number of nitrogens with zero attached hydrogens (tertiary/aromatic N) is 1. The van der Waals surface area contributed by atoms with Crippen molar-refractivity contribution in [2.45, 2.75) is 55.8 Å². The van der Waals surface area contributed by atoms with Crippen molar-refractivity contribution >= 4 is 15.9 Å². The average molecular weight is 448 g/mol. The molecule has 3 atom stereocenters. The van der Waals surface area contributed by atoms with Gasteiger partial charge in [-0.3, -0.25) is 9.78 Å². The van der Waals surface area contributed by atoms with Crippen LogP contribution in [0.1, 0.15) is 30.4 Å². The van der Waals surface area contributed by atoms with Gasteiger partial charge in [0.1, 0.15) is 0 Å². The summed E-state index contributed by atoms with van der Waals surface area (Å²) in [5, 5.41) is 12.6. The quantitative estimate of drug-likeness (QED) is 0.534. The van der Waals surface area contributed by atoms with Crippen molar-refractivity contribution in [3.05, 3.63) is 59.9 Å². The van der Waals surface area contributed by atoms with Gasteiger partial charge in [-0.1, -0.05) is 17.7 Å². The maximum absolute atomic E-state index is 12.7. The van der Waals surface area contributed by atoms with E-state index < -0.39 is 22.2 Å². The summed E-state index contributed by atoms with van der Waals surface area (Å²) in [7, 11) is -3.72. The number of benzene rings is 1. The molecule has 1 aromatic heterocycles. The van der Waals surface area contributed by atoms with Gasteiger partial charge in [-0.25, -0.2) is 13.1 Å². The lowest BCUT2D eigenvalue weighted by Gasteiger charge is -2.35. The van der Waals surface area contributed by atoms with Gasteiger partial charge >= 0.3 is 0 Å². The molecule has 2 aromatic rings. The second kappa shape index (κ2) is 10.8. The second-order valence-corrected chi connectivity index (χ2v) is 9.47. The van der Waals surface area contributed by atoms with E-state index in [1.54, 1.807) is 36.7 Å². The van der Waals surface area contributed by atoms with Crippen molar-refractivity contribution in [1.29, 1.82) is 0 Å². The lowest BCUT2D eigenvalue weighted by Crippen LogP contribution is -2.51. The van der Waals surface area contributed by atoms with Gasteiger partial charge in [0.05, 0.1) is 36.2 Å². The normalized spacial score (nSPS) is 21.5. The molecule has 0 unspecified atom stereocenters. The molecule has 3 rings (SSSR count). The monoisotopic (exact) mass is 447 g/mol. The predicted octanol–water partition coefficient (Wildman–Crippen LogP) is 1.33. The average Bonchev–Trinajstić information content (AvgIpc) is 2.75. The molecule has 1 fully saturated rings. The van der Waals surface area contributed by atoms with E-state index in [0.29, 0.717) is 25.8 Å². The highest BCUT2D eigenvalue weighted by atomic mass is 32.2. The van der Waals surface area contributed by atoms with E-state index in [4.69, 9.17) is 4.74 Å². The van der Waals surface area contributed by atoms with Crippen LogP contribution in [0, 0.1) is 6.92 Å². The number of nitrogens with one attached hydrogen (secondary N) is 2. The summed E-state index contributed by atoms with van der Waals surface area (Å²) in [6, 6.07) is 9.82. The van der Waals surface area contributed by atoms with Crippen molar-refractivity contribution in [3.63, 3.8) is 0 Å². The lowest BCUT2D eigenvalue weighted by atomic mass is 9.98. The van der Waals surface area contributed by atoms with Crippen LogP contribution in [0.3, 0.4) is 0 Å². The van der Waals surface area contributed by atoms with Gasteiger partial charge in [0.25, 0.3) is 0 Å². The van der Waals surface area contributed by atoms with Crippen molar-refractivity contribution in [1.82, 2.24) is 15.0 Å². The fraction of sp³-hybridized carbons (Fsp3) is 0.455. The van der Waals surface area contributed by atoms with E-state index in [2.05, 4.69) is 15.0 Å². The van der Waals surface area contributed by atoms with Gasteiger partial charge in [-0.15, -0.1) is 0 Å². The molecule has 1 aromatic carbocycles. The van der Waals surface area contributed by atoms with E-state index in [9.17, 15) is 18.3 Å². The number of amides is 1. The largest absolute Gasteiger partial charge is 0.394 e. The molecule has 1 saturated heterocycles. The van der Waals surface area contributed by atoms with E-state index in [1.807, 2.05) is 19.1 Å². The molecule has 2 heterocycles. The van der Waals surface area contributed by atoms with Crippen LogP contribution in [-0.2, 0) is 26.0 Å². The van der Waals surface area contributed by atoms with Gasteiger partial charge in [-0.2, -0.15) is 0 Å². The minimum absolute atomic E-state index is 0.130. The smallest absolute Gasteiger partial charge is 0.240 e. The first-order valence-corrected chi connectivity index (χ1v) is 11.9. The number of aryl methyl sites for hydroxylation is 1. The number of hydrogen-bond donors (Lipinski definition) is 3. The Morgan fingerprint density at radius 3 is 2.55 bits per heavy atom. The second-order valence-electron chi connectivity index (χ2n) is 7.76. The highest BCUT2D eigenvalue weighted by Crippen LogP contribution is 2.23. The third-order valence-corrected chi connectivity index (χ3v) is 6.84. The summed E-state index contributed by atoms with van der Waals surface area (Å²) in [5.41, 5.74) is 2.06. The van der Waals surface area contributed by atoms with E-state index in [1.165, 1.54) is 0 Å². The van der Waals surface area contributed by atoms with Crippen molar-refractivity contribution in [2.24, 2.45) is 0 Å². The summed E-state index contributed by atoms with van der Waals surface area (Å²) in [4.78, 5) is 16.4. The van der Waals surface area contributed by atoms with E-state index in [-0.39, 0.29) is 29.9 Å². The van der Waals surface area contributed by atoms with Gasteiger partial charge < -0.3 is 15.2 Å². The van der Waals surface area contributed by atoms with Gasteiger partial charge in [0, 0.05) is 18.9 Å². The first kappa shape index (κ1) is 23.3. The molecule has 0 bridgehead atoms. The zero-order chi connectivity index (χ0) is 22.3. The molecule has 3 N–H and O–H groups in total. The number of ether oxygens (including phenoxy) is 1. The molecule has 31 heavy (non-hydrogen) atoms. The number of rotatable bonds is 9. The third kappa shape index (κ3) is 6.83. The molecule has 1 aliphatic rings. The number of carbonyl (C=O) groups is 1. The Balaban J connectivity index is 1.48. The van der Waals surface area contributed by atoms with Crippen LogP contribution in [0.5, 0.6) is 0 Å². The predicted molar refractivity (Wildman–Crippen MR) is 116 cm³/mol. The number of aliphatic hydroxyl groups excluding tert-OH is 1. The molecular formula is C22H29N3O5S. The lowest BCUT2D eigenvalue weighted by molar-refractivity contribution is -0.130. The minimum atomic E-state index is -3.72. The number of sulfonamides is 1. The molecule has 1 aliphatic heterocycles. The first-order valence-electron chi connectivity index (χ1n) is 10.4. The van der Waals surface area contributed by atoms with Crippen LogP contribution in [0.4, 0.5) is 0 Å². The molecule has 0 aliphatic carbocycles. The van der Waals surface area contributed by atoms with E-state index in [0.717, 1.165) is 11.1 Å². The fourth-order valence-corrected chi connectivity index (χ4v) is 4.87.